The maximum absolute atomic E-state index is 12.7. The molecule has 1 unspecified atom stereocenters. The molecule has 122 valence electrons. The SMILES string of the molecule is CCc1cc(C(=O)N2CCOCC2CCc2cnccn2)on1. The second-order valence-electron chi connectivity index (χ2n) is 5.50. The van der Waals surface area contributed by atoms with Crippen LogP contribution >= 0.6 is 0 Å². The highest BCUT2D eigenvalue weighted by Crippen LogP contribution is 2.17. The smallest absolute Gasteiger partial charge is 0.292 e. The second kappa shape index (κ2) is 7.32. The van der Waals surface area contributed by atoms with E-state index in [9.17, 15) is 4.79 Å². The molecule has 3 heterocycles. The molecule has 2 aromatic heterocycles. The van der Waals surface area contributed by atoms with Crippen LogP contribution in [-0.4, -0.2) is 51.7 Å². The zero-order valence-electron chi connectivity index (χ0n) is 13.1. The van der Waals surface area contributed by atoms with Crippen LogP contribution in [0.2, 0.25) is 0 Å². The summed E-state index contributed by atoms with van der Waals surface area (Å²) in [7, 11) is 0. The van der Waals surface area contributed by atoms with Crippen molar-refractivity contribution in [1.29, 1.82) is 0 Å². The first-order valence-corrected chi connectivity index (χ1v) is 7.87. The van der Waals surface area contributed by atoms with E-state index in [0.717, 1.165) is 30.7 Å². The van der Waals surface area contributed by atoms with Gasteiger partial charge < -0.3 is 14.2 Å². The molecule has 0 aliphatic carbocycles. The van der Waals surface area contributed by atoms with Crippen LogP contribution in [0.5, 0.6) is 0 Å². The highest BCUT2D eigenvalue weighted by atomic mass is 16.5. The van der Waals surface area contributed by atoms with Crippen LogP contribution in [-0.2, 0) is 17.6 Å². The van der Waals surface area contributed by atoms with Gasteiger partial charge in [0.25, 0.3) is 5.91 Å². The Kier molecular flexibility index (Phi) is 4.97. The van der Waals surface area contributed by atoms with Crippen LogP contribution < -0.4 is 0 Å². The number of aromatic nitrogens is 3. The lowest BCUT2D eigenvalue weighted by atomic mass is 10.1. The quantitative estimate of drug-likeness (QED) is 0.831. The molecule has 1 saturated heterocycles. The average Bonchev–Trinajstić information content (AvgIpc) is 3.10. The number of carbonyl (C=O) groups excluding carboxylic acids is 1. The van der Waals surface area contributed by atoms with Crippen molar-refractivity contribution in [3.8, 4) is 0 Å². The lowest BCUT2D eigenvalue weighted by Gasteiger charge is -2.35. The topological polar surface area (TPSA) is 81.4 Å². The highest BCUT2D eigenvalue weighted by Gasteiger charge is 2.30. The van der Waals surface area contributed by atoms with E-state index < -0.39 is 0 Å². The summed E-state index contributed by atoms with van der Waals surface area (Å²) in [4.78, 5) is 22.8. The van der Waals surface area contributed by atoms with Gasteiger partial charge in [-0.2, -0.15) is 0 Å². The van der Waals surface area contributed by atoms with Crippen molar-refractivity contribution >= 4 is 5.91 Å². The largest absolute Gasteiger partial charge is 0.377 e. The number of hydrogen-bond donors (Lipinski definition) is 0. The van der Waals surface area contributed by atoms with E-state index in [0.29, 0.717) is 25.5 Å². The van der Waals surface area contributed by atoms with Crippen LogP contribution in [0.4, 0.5) is 0 Å². The summed E-state index contributed by atoms with van der Waals surface area (Å²) in [5.41, 5.74) is 1.70. The Hall–Kier alpha value is -2.28. The van der Waals surface area contributed by atoms with Gasteiger partial charge >= 0.3 is 0 Å². The Morgan fingerprint density at radius 2 is 2.30 bits per heavy atom. The number of carbonyl (C=O) groups is 1. The monoisotopic (exact) mass is 316 g/mol. The van der Waals surface area contributed by atoms with E-state index in [-0.39, 0.29) is 11.9 Å². The Labute approximate surface area is 134 Å². The number of ether oxygens (including phenoxy) is 1. The van der Waals surface area contributed by atoms with Crippen molar-refractivity contribution in [2.75, 3.05) is 19.8 Å². The van der Waals surface area contributed by atoms with Crippen LogP contribution in [0.25, 0.3) is 0 Å². The van der Waals surface area contributed by atoms with Gasteiger partial charge in [-0.1, -0.05) is 12.1 Å². The van der Waals surface area contributed by atoms with Crippen molar-refractivity contribution in [1.82, 2.24) is 20.0 Å². The molecule has 0 aromatic carbocycles. The van der Waals surface area contributed by atoms with Gasteiger partial charge in [0, 0.05) is 31.2 Å². The Morgan fingerprint density at radius 1 is 1.39 bits per heavy atom. The third-order valence-corrected chi connectivity index (χ3v) is 3.97. The van der Waals surface area contributed by atoms with Crippen LogP contribution in [0.1, 0.15) is 35.3 Å². The summed E-state index contributed by atoms with van der Waals surface area (Å²) in [6.45, 7) is 3.61. The van der Waals surface area contributed by atoms with Gasteiger partial charge in [-0.3, -0.25) is 14.8 Å². The summed E-state index contributed by atoms with van der Waals surface area (Å²) >= 11 is 0. The Balaban J connectivity index is 1.67. The minimum Gasteiger partial charge on any atom is -0.377 e. The number of aryl methyl sites for hydroxylation is 2. The molecule has 1 fully saturated rings. The van der Waals surface area contributed by atoms with Gasteiger partial charge in [0.1, 0.15) is 0 Å². The zero-order chi connectivity index (χ0) is 16.1. The van der Waals surface area contributed by atoms with Gasteiger partial charge in [0.15, 0.2) is 0 Å². The van der Waals surface area contributed by atoms with Crippen molar-refractivity contribution in [2.45, 2.75) is 32.2 Å². The fraction of sp³-hybridized carbons (Fsp3) is 0.500. The molecule has 1 atom stereocenters. The molecule has 7 nitrogen and oxygen atoms in total. The van der Waals surface area contributed by atoms with Crippen molar-refractivity contribution in [3.05, 3.63) is 41.8 Å². The van der Waals surface area contributed by atoms with Crippen LogP contribution in [0.15, 0.2) is 29.2 Å². The molecule has 0 bridgehead atoms. The number of amides is 1. The summed E-state index contributed by atoms with van der Waals surface area (Å²) in [6, 6.07) is 1.73. The van der Waals surface area contributed by atoms with E-state index >= 15 is 0 Å². The van der Waals surface area contributed by atoms with E-state index in [1.54, 1.807) is 24.7 Å². The number of hydrogen-bond acceptors (Lipinski definition) is 6. The standard InChI is InChI=1S/C16H20N4O3/c1-2-12-9-15(23-19-12)16(21)20-7-8-22-11-14(20)4-3-13-10-17-5-6-18-13/h5-6,9-10,14H,2-4,7-8,11H2,1H3. The normalized spacial score (nSPS) is 18.1. The lowest BCUT2D eigenvalue weighted by molar-refractivity contribution is -0.00603. The van der Waals surface area contributed by atoms with Gasteiger partial charge in [0.2, 0.25) is 5.76 Å². The molecule has 3 rings (SSSR count). The minimum absolute atomic E-state index is 0.00781. The van der Waals surface area contributed by atoms with Crippen molar-refractivity contribution in [2.24, 2.45) is 0 Å². The van der Waals surface area contributed by atoms with E-state index in [1.165, 1.54) is 0 Å². The second-order valence-corrected chi connectivity index (χ2v) is 5.50. The van der Waals surface area contributed by atoms with Crippen LogP contribution in [0, 0.1) is 0 Å². The molecule has 2 aromatic rings. The first kappa shape index (κ1) is 15.6. The van der Waals surface area contributed by atoms with Gasteiger partial charge in [0.05, 0.1) is 30.6 Å². The molecule has 23 heavy (non-hydrogen) atoms. The molecule has 0 radical (unpaired) electrons. The molecular weight excluding hydrogens is 296 g/mol. The lowest BCUT2D eigenvalue weighted by Crippen LogP contribution is -2.48. The summed E-state index contributed by atoms with van der Waals surface area (Å²) < 4.78 is 10.7. The molecule has 1 aliphatic heterocycles. The minimum atomic E-state index is -0.121. The van der Waals surface area contributed by atoms with Crippen molar-refractivity contribution < 1.29 is 14.1 Å². The predicted octanol–water partition coefficient (Wildman–Crippen LogP) is 1.50. The predicted molar refractivity (Wildman–Crippen MR) is 81.9 cm³/mol. The number of nitrogens with zero attached hydrogens (tertiary/aromatic N) is 4. The molecule has 1 amide bonds. The van der Waals surface area contributed by atoms with Crippen molar-refractivity contribution in [3.63, 3.8) is 0 Å². The first-order chi connectivity index (χ1) is 11.3. The Morgan fingerprint density at radius 3 is 3.04 bits per heavy atom. The molecular formula is C16H20N4O3. The molecule has 0 spiro atoms. The third-order valence-electron chi connectivity index (χ3n) is 3.97. The van der Waals surface area contributed by atoms with Crippen LogP contribution in [0.3, 0.4) is 0 Å². The summed E-state index contributed by atoms with van der Waals surface area (Å²) in [5, 5.41) is 3.90. The van der Waals surface area contributed by atoms with E-state index in [2.05, 4.69) is 15.1 Å². The fourth-order valence-corrected chi connectivity index (χ4v) is 2.66. The summed E-state index contributed by atoms with van der Waals surface area (Å²) in [5.74, 6) is 0.179. The fourth-order valence-electron chi connectivity index (χ4n) is 2.66. The van der Waals surface area contributed by atoms with E-state index in [1.807, 2.05) is 11.8 Å². The molecule has 0 N–H and O–H groups in total. The zero-order valence-corrected chi connectivity index (χ0v) is 13.1. The molecule has 7 heteroatoms. The molecule has 0 saturated carbocycles. The van der Waals surface area contributed by atoms with E-state index in [4.69, 9.17) is 9.26 Å². The van der Waals surface area contributed by atoms with Gasteiger partial charge in [-0.05, 0) is 19.3 Å². The average molecular weight is 316 g/mol. The number of morpholine rings is 1. The maximum atomic E-state index is 12.7. The first-order valence-electron chi connectivity index (χ1n) is 7.87. The number of rotatable bonds is 5. The van der Waals surface area contributed by atoms with Gasteiger partial charge in [-0.25, -0.2) is 0 Å². The highest BCUT2D eigenvalue weighted by molar-refractivity contribution is 5.91. The molecule has 1 aliphatic rings. The maximum Gasteiger partial charge on any atom is 0.292 e. The third kappa shape index (κ3) is 3.73. The Bertz CT molecular complexity index is 644. The van der Waals surface area contributed by atoms with Gasteiger partial charge in [-0.15, -0.1) is 0 Å². The summed E-state index contributed by atoms with van der Waals surface area (Å²) in [6.07, 6.45) is 7.35.